The van der Waals surface area contributed by atoms with E-state index in [1.807, 2.05) is 11.2 Å². The minimum absolute atomic E-state index is 0.00698. The van der Waals surface area contributed by atoms with Crippen molar-refractivity contribution in [2.75, 3.05) is 30.0 Å². The average Bonchev–Trinajstić information content (AvgIpc) is 3.49. The number of sulfonamides is 1. The molecule has 0 fully saturated rings. The maximum absolute atomic E-state index is 13.5. The van der Waals surface area contributed by atoms with Crippen LogP contribution in [-0.4, -0.2) is 43.4 Å². The fourth-order valence-electron chi connectivity index (χ4n) is 5.64. The van der Waals surface area contributed by atoms with E-state index in [0.29, 0.717) is 5.69 Å². The number of hydrogen-bond acceptors (Lipinski definition) is 6. The molecule has 2 aromatic rings. The van der Waals surface area contributed by atoms with E-state index in [2.05, 4.69) is 23.7 Å². The molecule has 0 saturated carbocycles. The Morgan fingerprint density at radius 3 is 2.55 bits per heavy atom. The molecule has 1 amide bonds. The molecule has 3 aliphatic rings. The Hall–Kier alpha value is -3.47. The molecule has 0 radical (unpaired) electrons. The van der Waals surface area contributed by atoms with Crippen molar-refractivity contribution in [3.05, 3.63) is 89.0 Å². The number of amides is 1. The van der Waals surface area contributed by atoms with Crippen LogP contribution in [0.4, 0.5) is 15.8 Å². The number of fused-ring (bicyclic) bond motifs is 1. The van der Waals surface area contributed by atoms with Crippen molar-refractivity contribution in [1.82, 2.24) is 9.73 Å². The number of aliphatic hydroxyl groups is 1. The fourth-order valence-corrected chi connectivity index (χ4v) is 7.11. The average molecular weight is 539 g/mol. The zero-order valence-corrected chi connectivity index (χ0v) is 22.1. The number of benzene rings is 2. The first-order valence-corrected chi connectivity index (χ1v) is 14.1. The molecule has 0 unspecified atom stereocenters. The van der Waals surface area contributed by atoms with E-state index in [1.165, 1.54) is 46.6 Å². The Morgan fingerprint density at radius 2 is 1.89 bits per heavy atom. The number of rotatable bonds is 8. The Balaban J connectivity index is 1.39. The van der Waals surface area contributed by atoms with Crippen molar-refractivity contribution in [1.29, 1.82) is 0 Å². The van der Waals surface area contributed by atoms with Gasteiger partial charge in [0.2, 0.25) is 15.9 Å². The van der Waals surface area contributed by atoms with E-state index in [-0.39, 0.29) is 48.2 Å². The molecule has 2 atom stereocenters. The third-order valence-electron chi connectivity index (χ3n) is 7.37. The van der Waals surface area contributed by atoms with Gasteiger partial charge in [-0.15, -0.1) is 0 Å². The summed E-state index contributed by atoms with van der Waals surface area (Å²) < 4.78 is 41.9. The van der Waals surface area contributed by atoms with Crippen LogP contribution in [-0.2, 0) is 14.8 Å². The van der Waals surface area contributed by atoms with Gasteiger partial charge in [0.15, 0.2) is 0 Å². The van der Waals surface area contributed by atoms with Crippen LogP contribution in [0, 0.1) is 17.7 Å². The normalized spacial score (nSPS) is 20.6. The van der Waals surface area contributed by atoms with Crippen molar-refractivity contribution in [3.8, 4) is 0 Å². The first-order valence-electron chi connectivity index (χ1n) is 12.6. The van der Waals surface area contributed by atoms with E-state index in [1.54, 1.807) is 24.3 Å². The van der Waals surface area contributed by atoms with E-state index >= 15 is 0 Å². The van der Waals surface area contributed by atoms with Gasteiger partial charge in [0.25, 0.3) is 0 Å². The molecule has 3 N–H and O–H groups in total. The summed E-state index contributed by atoms with van der Waals surface area (Å²) in [4.78, 5) is 11.4. The summed E-state index contributed by atoms with van der Waals surface area (Å²) in [6.07, 6.45) is 5.75. The summed E-state index contributed by atoms with van der Waals surface area (Å²) in [6.45, 7) is 3.50. The molecule has 8 nitrogen and oxygen atoms in total. The number of carbonyl (C=O) groups excluding carboxylic acids is 1. The molecule has 0 spiro atoms. The second kappa shape index (κ2) is 10.4. The van der Waals surface area contributed by atoms with Crippen molar-refractivity contribution in [3.63, 3.8) is 0 Å². The number of allylic oxidation sites excluding steroid dienone is 3. The maximum atomic E-state index is 13.5. The fraction of sp³-hybridized carbons (Fsp3) is 0.321. The van der Waals surface area contributed by atoms with Crippen LogP contribution in [0.3, 0.4) is 0 Å². The van der Waals surface area contributed by atoms with E-state index in [4.69, 9.17) is 0 Å². The van der Waals surface area contributed by atoms with Gasteiger partial charge in [-0.1, -0.05) is 12.5 Å². The SMILES string of the molecule is CC(=O)Nc1ccc(S(=O)(=O)N(CCO)C[C@H]2CCC3=C2[C@@H](C)C2=CNN(c4ccc(F)cc4)C2=C3)cc1. The number of hydrazine groups is 1. The number of halogens is 1. The smallest absolute Gasteiger partial charge is 0.243 e. The molecular formula is C28H31FN4O4S. The molecule has 0 saturated heterocycles. The highest BCUT2D eigenvalue weighted by atomic mass is 32.2. The minimum atomic E-state index is -3.86. The highest BCUT2D eigenvalue weighted by Gasteiger charge is 2.39. The van der Waals surface area contributed by atoms with Crippen molar-refractivity contribution < 1.29 is 22.7 Å². The van der Waals surface area contributed by atoms with Crippen LogP contribution in [0.1, 0.15) is 26.7 Å². The highest BCUT2D eigenvalue weighted by molar-refractivity contribution is 7.89. The summed E-state index contributed by atoms with van der Waals surface area (Å²) in [7, 11) is -3.86. The molecule has 2 aliphatic carbocycles. The van der Waals surface area contributed by atoms with E-state index in [0.717, 1.165) is 29.8 Å². The van der Waals surface area contributed by atoms with Gasteiger partial charge in [-0.3, -0.25) is 9.80 Å². The molecule has 2 aromatic carbocycles. The lowest BCUT2D eigenvalue weighted by Crippen LogP contribution is -2.38. The van der Waals surface area contributed by atoms with Crippen LogP contribution < -0.4 is 15.8 Å². The summed E-state index contributed by atoms with van der Waals surface area (Å²) in [6, 6.07) is 12.4. The van der Waals surface area contributed by atoms with Crippen LogP contribution in [0.25, 0.3) is 0 Å². The second-order valence-corrected chi connectivity index (χ2v) is 11.7. The number of aliphatic hydroxyl groups excluding tert-OH is 1. The molecule has 1 heterocycles. The molecule has 1 aliphatic heterocycles. The molecule has 0 bridgehead atoms. The van der Waals surface area contributed by atoms with Gasteiger partial charge in [-0.05, 0) is 78.9 Å². The van der Waals surface area contributed by atoms with Crippen LogP contribution in [0.5, 0.6) is 0 Å². The lowest BCUT2D eigenvalue weighted by atomic mass is 9.80. The molecular weight excluding hydrogens is 507 g/mol. The third kappa shape index (κ3) is 4.87. The molecule has 10 heteroatoms. The van der Waals surface area contributed by atoms with E-state index < -0.39 is 10.0 Å². The van der Waals surface area contributed by atoms with E-state index in [9.17, 15) is 22.7 Å². The van der Waals surface area contributed by atoms with Crippen LogP contribution in [0.15, 0.2) is 88.1 Å². The quantitative estimate of drug-likeness (QED) is 0.471. The van der Waals surface area contributed by atoms with Crippen LogP contribution in [0.2, 0.25) is 0 Å². The Morgan fingerprint density at radius 1 is 1.18 bits per heavy atom. The predicted octanol–water partition coefficient (Wildman–Crippen LogP) is 3.92. The highest BCUT2D eigenvalue weighted by Crippen LogP contribution is 2.48. The number of anilines is 2. The minimum Gasteiger partial charge on any atom is -0.395 e. The Labute approximate surface area is 222 Å². The van der Waals surface area contributed by atoms with Gasteiger partial charge in [0, 0.05) is 43.4 Å². The number of nitrogens with zero attached hydrogens (tertiary/aromatic N) is 2. The first-order chi connectivity index (χ1) is 18.2. The van der Waals surface area contributed by atoms with Crippen molar-refractivity contribution in [2.45, 2.75) is 31.6 Å². The summed E-state index contributed by atoms with van der Waals surface area (Å²) in [5.74, 6) is -0.438. The Bertz CT molecular complexity index is 1430. The lowest BCUT2D eigenvalue weighted by molar-refractivity contribution is -0.114. The number of carbonyl (C=O) groups is 1. The summed E-state index contributed by atoms with van der Waals surface area (Å²) in [5, 5.41) is 14.3. The second-order valence-electron chi connectivity index (χ2n) is 9.80. The van der Waals surface area contributed by atoms with Gasteiger partial charge in [-0.2, -0.15) is 4.31 Å². The number of nitrogens with one attached hydrogen (secondary N) is 2. The standard InChI is InChI=1S/C28H31FN4O4S/c1-18-26-16-30-33(24-9-5-22(29)6-10-24)27(26)15-20-3-4-21(28(18)20)17-32(13-14-34)38(36,37)25-11-7-23(8-12-25)31-19(2)35/h5-12,15-16,18,21,30,34H,3-4,13-14,17H2,1-2H3,(H,31,35)/t18-,21+/m0/s1. The molecule has 5 rings (SSSR count). The monoisotopic (exact) mass is 538 g/mol. The van der Waals surface area contributed by atoms with Crippen LogP contribution >= 0.6 is 0 Å². The zero-order valence-electron chi connectivity index (χ0n) is 21.3. The topological polar surface area (TPSA) is 102 Å². The summed E-state index contributed by atoms with van der Waals surface area (Å²) >= 11 is 0. The van der Waals surface area contributed by atoms with Crippen molar-refractivity contribution >= 4 is 27.3 Å². The van der Waals surface area contributed by atoms with Gasteiger partial charge in [-0.25, -0.2) is 12.8 Å². The molecule has 0 aromatic heterocycles. The molecule has 38 heavy (non-hydrogen) atoms. The maximum Gasteiger partial charge on any atom is 0.243 e. The van der Waals surface area contributed by atoms with Crippen molar-refractivity contribution in [2.24, 2.45) is 11.8 Å². The summed E-state index contributed by atoms with van der Waals surface area (Å²) in [5.41, 5.74) is 9.17. The molecule has 200 valence electrons. The van der Waals surface area contributed by atoms with Gasteiger partial charge in [0.1, 0.15) is 5.82 Å². The first kappa shape index (κ1) is 26.1. The number of hydrogen-bond donors (Lipinski definition) is 3. The zero-order chi connectivity index (χ0) is 27.0. The Kier molecular flexibility index (Phi) is 7.13. The third-order valence-corrected chi connectivity index (χ3v) is 9.25. The van der Waals surface area contributed by atoms with Gasteiger partial charge < -0.3 is 15.8 Å². The predicted molar refractivity (Wildman–Crippen MR) is 144 cm³/mol. The lowest BCUT2D eigenvalue weighted by Gasteiger charge is -2.32. The largest absolute Gasteiger partial charge is 0.395 e. The van der Waals surface area contributed by atoms with Gasteiger partial charge >= 0.3 is 0 Å². The van der Waals surface area contributed by atoms with Gasteiger partial charge in [0.05, 0.1) is 22.9 Å².